The molecule has 1 aliphatic rings. The maximum atomic E-state index is 12.1. The number of rotatable bonds is 5. The quantitative estimate of drug-likeness (QED) is 0.875. The molecule has 1 amide bonds. The van der Waals surface area contributed by atoms with Crippen molar-refractivity contribution in [1.82, 2.24) is 4.90 Å². The van der Waals surface area contributed by atoms with Crippen molar-refractivity contribution in [3.8, 4) is 11.5 Å². The van der Waals surface area contributed by atoms with E-state index in [2.05, 4.69) is 0 Å². The highest BCUT2D eigenvalue weighted by Crippen LogP contribution is 2.28. The lowest BCUT2D eigenvalue weighted by atomic mass is 10.1. The number of benzene rings is 1. The molecule has 0 spiro atoms. The Morgan fingerprint density at radius 1 is 1.43 bits per heavy atom. The Kier molecular flexibility index (Phi) is 5.41. The average Bonchev–Trinajstić information content (AvgIpc) is 2.52. The van der Waals surface area contributed by atoms with Gasteiger partial charge in [0.1, 0.15) is 11.5 Å². The highest BCUT2D eigenvalue weighted by atomic mass is 16.5. The summed E-state index contributed by atoms with van der Waals surface area (Å²) in [6.07, 6.45) is 0. The highest BCUT2D eigenvalue weighted by Gasteiger charge is 2.18. The van der Waals surface area contributed by atoms with Crippen LogP contribution in [0.25, 0.3) is 0 Å². The molecule has 6 nitrogen and oxygen atoms in total. The van der Waals surface area contributed by atoms with E-state index in [1.807, 2.05) is 19.1 Å². The van der Waals surface area contributed by atoms with E-state index in [4.69, 9.17) is 19.9 Å². The molecule has 1 aromatic carbocycles. The molecule has 0 aromatic heterocycles. The molecule has 21 heavy (non-hydrogen) atoms. The minimum atomic E-state index is -0.176. The molecule has 0 radical (unpaired) electrons. The van der Waals surface area contributed by atoms with E-state index in [1.54, 1.807) is 18.1 Å². The smallest absolute Gasteiger partial charge is 0.260 e. The van der Waals surface area contributed by atoms with Gasteiger partial charge in [0.05, 0.1) is 20.3 Å². The van der Waals surface area contributed by atoms with Crippen LogP contribution in [0.5, 0.6) is 11.5 Å². The van der Waals surface area contributed by atoms with Crippen molar-refractivity contribution in [2.24, 2.45) is 5.73 Å². The third kappa shape index (κ3) is 4.09. The van der Waals surface area contributed by atoms with Crippen molar-refractivity contribution in [3.05, 3.63) is 23.8 Å². The fourth-order valence-corrected chi connectivity index (χ4v) is 2.19. The van der Waals surface area contributed by atoms with Crippen LogP contribution in [-0.4, -0.2) is 50.8 Å². The fraction of sp³-hybridized carbons (Fsp3) is 0.533. The fourth-order valence-electron chi connectivity index (χ4n) is 2.19. The molecular weight excluding hydrogens is 272 g/mol. The molecule has 1 unspecified atom stereocenters. The lowest BCUT2D eigenvalue weighted by Gasteiger charge is -2.27. The lowest BCUT2D eigenvalue weighted by molar-refractivity contribution is -0.137. The van der Waals surface area contributed by atoms with Crippen LogP contribution in [0.2, 0.25) is 0 Å². The molecule has 6 heteroatoms. The molecule has 0 saturated carbocycles. The number of hydrogen-bond donors (Lipinski definition) is 1. The summed E-state index contributed by atoms with van der Waals surface area (Å²) in [5.74, 6) is 1.22. The molecule has 2 N–H and O–H groups in total. The maximum Gasteiger partial charge on any atom is 0.260 e. The third-order valence-corrected chi connectivity index (χ3v) is 3.43. The molecule has 1 saturated heterocycles. The van der Waals surface area contributed by atoms with Gasteiger partial charge in [0.15, 0.2) is 6.61 Å². The summed E-state index contributed by atoms with van der Waals surface area (Å²) in [4.78, 5) is 13.8. The molecule has 2 rings (SSSR count). The Bertz CT molecular complexity index is 485. The normalized spacial score (nSPS) is 16.4. The second-order valence-electron chi connectivity index (χ2n) is 4.97. The predicted molar refractivity (Wildman–Crippen MR) is 78.5 cm³/mol. The SMILES string of the molecule is COc1ccc(C(C)N)c(OCC(=O)N2CCOCC2)c1. The van der Waals surface area contributed by atoms with Crippen LogP contribution >= 0.6 is 0 Å². The van der Waals surface area contributed by atoms with Gasteiger partial charge in [-0.3, -0.25) is 4.79 Å². The second-order valence-corrected chi connectivity index (χ2v) is 4.97. The Balaban J connectivity index is 2.02. The summed E-state index contributed by atoms with van der Waals surface area (Å²) in [6.45, 7) is 4.25. The first-order valence-corrected chi connectivity index (χ1v) is 7.03. The minimum absolute atomic E-state index is 0.00706. The van der Waals surface area contributed by atoms with Gasteiger partial charge in [-0.25, -0.2) is 0 Å². The topological polar surface area (TPSA) is 74.0 Å². The van der Waals surface area contributed by atoms with Gasteiger partial charge in [-0.05, 0) is 13.0 Å². The number of ether oxygens (including phenoxy) is 3. The number of morpholine rings is 1. The van der Waals surface area contributed by atoms with E-state index in [1.165, 1.54) is 0 Å². The minimum Gasteiger partial charge on any atom is -0.497 e. The van der Waals surface area contributed by atoms with E-state index < -0.39 is 0 Å². The number of methoxy groups -OCH3 is 1. The summed E-state index contributed by atoms with van der Waals surface area (Å²) in [5, 5.41) is 0. The standard InChI is InChI=1S/C15H22N2O4/c1-11(16)13-4-3-12(19-2)9-14(13)21-10-15(18)17-5-7-20-8-6-17/h3-4,9,11H,5-8,10,16H2,1-2H3. The van der Waals surface area contributed by atoms with Crippen LogP contribution in [0.15, 0.2) is 18.2 Å². The molecule has 1 heterocycles. The zero-order valence-electron chi connectivity index (χ0n) is 12.5. The Hall–Kier alpha value is -1.79. The van der Waals surface area contributed by atoms with Gasteiger partial charge < -0.3 is 24.8 Å². The van der Waals surface area contributed by atoms with Crippen molar-refractivity contribution < 1.29 is 19.0 Å². The van der Waals surface area contributed by atoms with Crippen molar-refractivity contribution in [2.75, 3.05) is 40.0 Å². The predicted octanol–water partition coefficient (Wildman–Crippen LogP) is 0.952. The van der Waals surface area contributed by atoms with E-state index >= 15 is 0 Å². The molecule has 116 valence electrons. The van der Waals surface area contributed by atoms with Crippen molar-refractivity contribution in [1.29, 1.82) is 0 Å². The highest BCUT2D eigenvalue weighted by molar-refractivity contribution is 5.78. The van der Waals surface area contributed by atoms with Gasteiger partial charge >= 0.3 is 0 Å². The number of nitrogens with zero attached hydrogens (tertiary/aromatic N) is 1. The van der Waals surface area contributed by atoms with Gasteiger partial charge in [-0.1, -0.05) is 6.07 Å². The van der Waals surface area contributed by atoms with Gasteiger partial charge in [0.25, 0.3) is 5.91 Å². The summed E-state index contributed by atoms with van der Waals surface area (Å²) in [6, 6.07) is 5.27. The maximum absolute atomic E-state index is 12.1. The van der Waals surface area contributed by atoms with Gasteiger partial charge in [0.2, 0.25) is 0 Å². The first kappa shape index (κ1) is 15.6. The lowest BCUT2D eigenvalue weighted by Crippen LogP contribution is -2.43. The molecule has 1 aromatic rings. The van der Waals surface area contributed by atoms with E-state index in [0.717, 1.165) is 5.56 Å². The van der Waals surface area contributed by atoms with Crippen molar-refractivity contribution >= 4 is 5.91 Å². The number of amides is 1. The second kappa shape index (κ2) is 7.28. The molecule has 1 aliphatic heterocycles. The van der Waals surface area contributed by atoms with E-state index in [9.17, 15) is 4.79 Å². The first-order chi connectivity index (χ1) is 10.1. The number of carbonyl (C=O) groups is 1. The average molecular weight is 294 g/mol. The van der Waals surface area contributed by atoms with Gasteiger partial charge in [-0.15, -0.1) is 0 Å². The Morgan fingerprint density at radius 2 is 2.14 bits per heavy atom. The number of carbonyl (C=O) groups excluding carboxylic acids is 1. The first-order valence-electron chi connectivity index (χ1n) is 7.03. The summed E-state index contributed by atoms with van der Waals surface area (Å²) in [7, 11) is 1.59. The largest absolute Gasteiger partial charge is 0.497 e. The van der Waals surface area contributed by atoms with Crippen LogP contribution in [0.1, 0.15) is 18.5 Å². The van der Waals surface area contributed by atoms with Crippen LogP contribution < -0.4 is 15.2 Å². The number of nitrogens with two attached hydrogens (primary N) is 1. The summed E-state index contributed by atoms with van der Waals surface area (Å²) in [5.41, 5.74) is 6.77. The van der Waals surface area contributed by atoms with Crippen LogP contribution in [0.3, 0.4) is 0 Å². The van der Waals surface area contributed by atoms with Gasteiger partial charge in [0, 0.05) is 30.8 Å². The van der Waals surface area contributed by atoms with E-state index in [0.29, 0.717) is 37.8 Å². The molecule has 0 bridgehead atoms. The van der Waals surface area contributed by atoms with Crippen molar-refractivity contribution in [3.63, 3.8) is 0 Å². The monoisotopic (exact) mass is 294 g/mol. The molecule has 0 aliphatic carbocycles. The Morgan fingerprint density at radius 3 is 2.76 bits per heavy atom. The molecule has 1 fully saturated rings. The van der Waals surface area contributed by atoms with Crippen LogP contribution in [0, 0.1) is 0 Å². The third-order valence-electron chi connectivity index (χ3n) is 3.43. The van der Waals surface area contributed by atoms with Crippen LogP contribution in [0.4, 0.5) is 0 Å². The number of hydrogen-bond acceptors (Lipinski definition) is 5. The summed E-state index contributed by atoms with van der Waals surface area (Å²) >= 11 is 0. The molecular formula is C15H22N2O4. The zero-order chi connectivity index (χ0) is 15.2. The zero-order valence-corrected chi connectivity index (χ0v) is 12.5. The molecule has 1 atom stereocenters. The van der Waals surface area contributed by atoms with Gasteiger partial charge in [-0.2, -0.15) is 0 Å². The van der Waals surface area contributed by atoms with Crippen LogP contribution in [-0.2, 0) is 9.53 Å². The summed E-state index contributed by atoms with van der Waals surface area (Å²) < 4.78 is 16.1. The van der Waals surface area contributed by atoms with E-state index in [-0.39, 0.29) is 18.6 Å². The Labute approximate surface area is 124 Å². The van der Waals surface area contributed by atoms with Crippen molar-refractivity contribution in [2.45, 2.75) is 13.0 Å².